The van der Waals surface area contributed by atoms with Gasteiger partial charge in [0, 0.05) is 20.5 Å². The Morgan fingerprint density at radius 1 is 1.45 bits per heavy atom. The Labute approximate surface area is 67.5 Å². The molecule has 1 heterocycles. The van der Waals surface area contributed by atoms with E-state index in [-0.39, 0.29) is 6.04 Å². The number of nitrogens with two attached hydrogens (primary N) is 1. The number of nitrogens with zero attached hydrogens (tertiary/aromatic N) is 1. The van der Waals surface area contributed by atoms with Crippen molar-refractivity contribution in [3.8, 4) is 0 Å². The zero-order chi connectivity index (χ0) is 8.48. The van der Waals surface area contributed by atoms with Crippen molar-refractivity contribution >= 4 is 9.84 Å². The van der Waals surface area contributed by atoms with Crippen molar-refractivity contribution in [2.24, 2.45) is 0 Å². The van der Waals surface area contributed by atoms with Gasteiger partial charge in [0.2, 0.25) is 0 Å². The lowest BCUT2D eigenvalue weighted by molar-refractivity contribution is -0.817. The van der Waals surface area contributed by atoms with E-state index < -0.39 is 9.84 Å². The predicted octanol–water partition coefficient (Wildman–Crippen LogP) is -1.79. The molecule has 1 saturated heterocycles. The van der Waals surface area contributed by atoms with Gasteiger partial charge in [0.25, 0.3) is 0 Å². The van der Waals surface area contributed by atoms with Crippen molar-refractivity contribution in [3.05, 3.63) is 0 Å². The summed E-state index contributed by atoms with van der Waals surface area (Å²) in [6.45, 7) is 0. The van der Waals surface area contributed by atoms with Gasteiger partial charge in [-0.15, -0.1) is 0 Å². The van der Waals surface area contributed by atoms with Crippen LogP contribution in [0.3, 0.4) is 0 Å². The van der Waals surface area contributed by atoms with Crippen LogP contribution >= 0.6 is 0 Å². The fourth-order valence-corrected chi connectivity index (χ4v) is 3.10. The maximum Gasteiger partial charge on any atom is 0.156 e. The van der Waals surface area contributed by atoms with E-state index >= 15 is 0 Å². The van der Waals surface area contributed by atoms with E-state index in [4.69, 9.17) is 0 Å². The van der Waals surface area contributed by atoms with Gasteiger partial charge >= 0.3 is 0 Å². The highest BCUT2D eigenvalue weighted by atomic mass is 32.2. The lowest BCUT2D eigenvalue weighted by atomic mass is 10.3. The largest absolute Gasteiger partial charge is 0.264 e. The molecule has 5 heteroatoms. The van der Waals surface area contributed by atoms with Crippen LogP contribution in [0.15, 0.2) is 0 Å². The molecule has 1 atom stereocenters. The SMILES string of the molecule is CN(C)[NH2+]C1CCS(=O)(=O)C1. The lowest BCUT2D eigenvalue weighted by Crippen LogP contribution is -2.97. The third-order valence-corrected chi connectivity index (χ3v) is 3.57. The van der Waals surface area contributed by atoms with E-state index in [1.807, 2.05) is 24.5 Å². The van der Waals surface area contributed by atoms with Gasteiger partial charge in [-0.05, 0) is 0 Å². The Kier molecular flexibility index (Phi) is 2.51. The van der Waals surface area contributed by atoms with Gasteiger partial charge in [-0.3, -0.25) is 5.43 Å². The lowest BCUT2D eigenvalue weighted by Gasteiger charge is -2.12. The van der Waals surface area contributed by atoms with Crippen molar-refractivity contribution in [2.75, 3.05) is 25.6 Å². The Hall–Kier alpha value is -0.130. The first-order valence-corrected chi connectivity index (χ1v) is 5.53. The van der Waals surface area contributed by atoms with Crippen LogP contribution in [0.1, 0.15) is 6.42 Å². The van der Waals surface area contributed by atoms with E-state index in [0.29, 0.717) is 11.5 Å². The molecular weight excluding hydrogens is 164 g/mol. The summed E-state index contributed by atoms with van der Waals surface area (Å²) in [6.07, 6.45) is 0.792. The first kappa shape index (κ1) is 8.96. The van der Waals surface area contributed by atoms with Gasteiger partial charge in [0.15, 0.2) is 9.84 Å². The maximum atomic E-state index is 11.0. The number of hydrogen-bond donors (Lipinski definition) is 1. The molecule has 0 spiro atoms. The van der Waals surface area contributed by atoms with Crippen LogP contribution in [0.2, 0.25) is 0 Å². The van der Waals surface area contributed by atoms with Crippen molar-refractivity contribution in [1.82, 2.24) is 5.01 Å². The van der Waals surface area contributed by atoms with Crippen LogP contribution in [0.25, 0.3) is 0 Å². The Bertz CT molecular complexity index is 223. The minimum Gasteiger partial charge on any atom is -0.264 e. The van der Waals surface area contributed by atoms with Crippen LogP contribution in [0.4, 0.5) is 0 Å². The summed E-state index contributed by atoms with van der Waals surface area (Å²) in [6, 6.07) is 0.245. The topological polar surface area (TPSA) is 54.0 Å². The molecule has 1 rings (SSSR count). The molecule has 1 aliphatic rings. The summed E-state index contributed by atoms with van der Waals surface area (Å²) >= 11 is 0. The van der Waals surface area contributed by atoms with Gasteiger partial charge in [-0.2, -0.15) is 5.01 Å². The fourth-order valence-electron chi connectivity index (χ4n) is 1.36. The van der Waals surface area contributed by atoms with Gasteiger partial charge < -0.3 is 0 Å². The molecule has 0 amide bonds. The first-order valence-electron chi connectivity index (χ1n) is 3.71. The Balaban J connectivity index is 2.43. The Morgan fingerprint density at radius 3 is 2.45 bits per heavy atom. The molecule has 0 saturated carbocycles. The number of hydrogen-bond acceptors (Lipinski definition) is 3. The molecule has 11 heavy (non-hydrogen) atoms. The second-order valence-electron chi connectivity index (χ2n) is 3.28. The highest BCUT2D eigenvalue weighted by Crippen LogP contribution is 2.07. The first-order chi connectivity index (χ1) is 4.99. The van der Waals surface area contributed by atoms with Gasteiger partial charge in [0.1, 0.15) is 11.8 Å². The quantitative estimate of drug-likeness (QED) is 0.402. The van der Waals surface area contributed by atoms with E-state index in [9.17, 15) is 8.42 Å². The van der Waals surface area contributed by atoms with E-state index in [1.54, 1.807) is 0 Å². The molecule has 2 N–H and O–H groups in total. The summed E-state index contributed by atoms with van der Waals surface area (Å²) < 4.78 is 22.0. The van der Waals surface area contributed by atoms with Crippen LogP contribution in [-0.4, -0.2) is 45.1 Å². The molecule has 1 aliphatic heterocycles. The average Bonchev–Trinajstić information content (AvgIpc) is 2.08. The maximum absolute atomic E-state index is 11.0. The number of quaternary nitrogens is 1. The standard InChI is InChI=1S/C6H14N2O2S/c1-8(2)7-6-3-4-11(9,10)5-6/h6-7H,3-5H2,1-2H3/p+1. The van der Waals surface area contributed by atoms with E-state index in [0.717, 1.165) is 6.42 Å². The molecule has 0 bridgehead atoms. The highest BCUT2D eigenvalue weighted by Gasteiger charge is 2.30. The van der Waals surface area contributed by atoms with Crippen molar-refractivity contribution < 1.29 is 13.8 Å². The molecule has 66 valence electrons. The number of rotatable bonds is 2. The molecular formula is C6H15N2O2S+. The minimum atomic E-state index is -2.70. The molecule has 4 nitrogen and oxygen atoms in total. The minimum absolute atomic E-state index is 0.245. The second-order valence-corrected chi connectivity index (χ2v) is 5.50. The highest BCUT2D eigenvalue weighted by molar-refractivity contribution is 7.91. The summed E-state index contributed by atoms with van der Waals surface area (Å²) in [5.74, 6) is 0.702. The molecule has 1 unspecified atom stereocenters. The second kappa shape index (κ2) is 3.08. The summed E-state index contributed by atoms with van der Waals surface area (Å²) in [5.41, 5.74) is 1.98. The fraction of sp³-hybridized carbons (Fsp3) is 1.00. The molecule has 0 aliphatic carbocycles. The zero-order valence-electron chi connectivity index (χ0n) is 6.95. The molecule has 0 aromatic heterocycles. The van der Waals surface area contributed by atoms with Gasteiger partial charge in [-0.25, -0.2) is 8.42 Å². The summed E-state index contributed by atoms with van der Waals surface area (Å²) in [5, 5.41) is 1.92. The molecule has 0 aromatic carbocycles. The van der Waals surface area contributed by atoms with Crippen LogP contribution < -0.4 is 5.43 Å². The van der Waals surface area contributed by atoms with Crippen LogP contribution in [-0.2, 0) is 9.84 Å². The van der Waals surface area contributed by atoms with Crippen LogP contribution in [0, 0.1) is 0 Å². The normalized spacial score (nSPS) is 29.5. The number of sulfone groups is 1. The summed E-state index contributed by atoms with van der Waals surface area (Å²) in [4.78, 5) is 0. The van der Waals surface area contributed by atoms with E-state index in [1.165, 1.54) is 0 Å². The smallest absolute Gasteiger partial charge is 0.156 e. The van der Waals surface area contributed by atoms with Crippen molar-refractivity contribution in [2.45, 2.75) is 12.5 Å². The van der Waals surface area contributed by atoms with Crippen molar-refractivity contribution in [1.29, 1.82) is 0 Å². The Morgan fingerprint density at radius 2 is 2.09 bits per heavy atom. The van der Waals surface area contributed by atoms with Crippen LogP contribution in [0.5, 0.6) is 0 Å². The monoisotopic (exact) mass is 179 g/mol. The predicted molar refractivity (Wildman–Crippen MR) is 42.7 cm³/mol. The van der Waals surface area contributed by atoms with Gasteiger partial charge in [-0.1, -0.05) is 0 Å². The molecule has 0 radical (unpaired) electrons. The zero-order valence-corrected chi connectivity index (χ0v) is 7.76. The third-order valence-electron chi connectivity index (χ3n) is 1.78. The molecule has 1 fully saturated rings. The average molecular weight is 179 g/mol. The molecule has 0 aromatic rings. The van der Waals surface area contributed by atoms with E-state index in [2.05, 4.69) is 0 Å². The third kappa shape index (κ3) is 2.76. The van der Waals surface area contributed by atoms with Crippen molar-refractivity contribution in [3.63, 3.8) is 0 Å². The summed E-state index contributed by atoms with van der Waals surface area (Å²) in [7, 11) is 1.14. The van der Waals surface area contributed by atoms with Gasteiger partial charge in [0.05, 0.1) is 5.75 Å².